The van der Waals surface area contributed by atoms with E-state index in [1.807, 2.05) is 0 Å². The van der Waals surface area contributed by atoms with Gasteiger partial charge in [0.2, 0.25) is 0 Å². The molecule has 9 N–H and O–H groups in total. The summed E-state index contributed by atoms with van der Waals surface area (Å²) in [5.41, 5.74) is 11.5. The van der Waals surface area contributed by atoms with E-state index in [-0.39, 0.29) is 6.42 Å². The SMILES string of the molecule is CC(O)C(CO)O[C@H](OC1C(N)CC(N)C(O)C1O)PO. The minimum atomic E-state index is -1.31. The molecular formula is C11H25N2O7P. The molecular weight excluding hydrogens is 303 g/mol. The maximum atomic E-state index is 9.96. The molecule has 9 atom stereocenters. The van der Waals surface area contributed by atoms with E-state index >= 15 is 0 Å². The van der Waals surface area contributed by atoms with E-state index in [1.165, 1.54) is 6.92 Å². The van der Waals surface area contributed by atoms with E-state index in [9.17, 15) is 20.2 Å². The van der Waals surface area contributed by atoms with Crippen LogP contribution in [0.5, 0.6) is 0 Å². The third-order valence-electron chi connectivity index (χ3n) is 3.49. The van der Waals surface area contributed by atoms with Crippen LogP contribution < -0.4 is 11.5 Å². The monoisotopic (exact) mass is 328 g/mol. The van der Waals surface area contributed by atoms with Gasteiger partial charge in [0.1, 0.15) is 18.3 Å². The highest BCUT2D eigenvalue weighted by Crippen LogP contribution is 2.27. The molecule has 1 aliphatic rings. The smallest absolute Gasteiger partial charge is 0.199 e. The van der Waals surface area contributed by atoms with Crippen molar-refractivity contribution in [2.75, 3.05) is 6.61 Å². The molecule has 126 valence electrons. The lowest BCUT2D eigenvalue weighted by Gasteiger charge is -2.41. The second-order valence-electron chi connectivity index (χ2n) is 5.20. The molecule has 0 aromatic carbocycles. The van der Waals surface area contributed by atoms with Crippen LogP contribution in [0.1, 0.15) is 13.3 Å². The summed E-state index contributed by atoms with van der Waals surface area (Å²) in [6.45, 7) is 0.956. The summed E-state index contributed by atoms with van der Waals surface area (Å²) in [6, 6.07) is -2.47. The van der Waals surface area contributed by atoms with Gasteiger partial charge in [-0.15, -0.1) is 0 Å². The molecule has 0 aromatic rings. The van der Waals surface area contributed by atoms with Crippen LogP contribution in [-0.2, 0) is 9.47 Å². The van der Waals surface area contributed by atoms with Crippen molar-refractivity contribution < 1.29 is 34.8 Å². The molecule has 1 saturated carbocycles. The van der Waals surface area contributed by atoms with Crippen molar-refractivity contribution in [1.82, 2.24) is 0 Å². The molecule has 1 fully saturated rings. The van der Waals surface area contributed by atoms with Gasteiger partial charge in [-0.3, -0.25) is 0 Å². The van der Waals surface area contributed by atoms with Crippen molar-refractivity contribution >= 4 is 8.81 Å². The Kier molecular flexibility index (Phi) is 7.86. The van der Waals surface area contributed by atoms with Gasteiger partial charge in [0.25, 0.3) is 0 Å². The fourth-order valence-corrected chi connectivity index (χ4v) is 2.63. The molecule has 1 aliphatic carbocycles. The lowest BCUT2D eigenvalue weighted by Crippen LogP contribution is -2.62. The number of hydrogen-bond acceptors (Lipinski definition) is 9. The van der Waals surface area contributed by atoms with Crippen LogP contribution in [0, 0.1) is 0 Å². The van der Waals surface area contributed by atoms with E-state index in [1.54, 1.807) is 0 Å². The van der Waals surface area contributed by atoms with Crippen LogP contribution in [0.3, 0.4) is 0 Å². The minimum Gasteiger partial charge on any atom is -0.394 e. The minimum absolute atomic E-state index is 0.240. The highest BCUT2D eigenvalue weighted by molar-refractivity contribution is 7.31. The van der Waals surface area contributed by atoms with Gasteiger partial charge < -0.3 is 46.3 Å². The van der Waals surface area contributed by atoms with Crippen molar-refractivity contribution in [2.24, 2.45) is 11.5 Å². The summed E-state index contributed by atoms with van der Waals surface area (Å²) >= 11 is 0. The Morgan fingerprint density at radius 2 is 1.86 bits per heavy atom. The summed E-state index contributed by atoms with van der Waals surface area (Å²) in [7, 11) is -0.819. The van der Waals surface area contributed by atoms with Gasteiger partial charge in [-0.05, 0) is 13.3 Å². The standard InChI is InChI=1S/C11H25N2O7P/c1-4(15)7(3-14)19-11(21-18)20-10-6(13)2-5(12)8(16)9(10)17/h4-11,14-18,21H,2-3,12-13H2,1H3/t4?,5?,6?,7?,8?,9?,10?,11-/m1/s1. The fraction of sp³-hybridized carbons (Fsp3) is 1.00. The normalized spacial score (nSPS) is 38.6. The molecule has 0 spiro atoms. The fourth-order valence-electron chi connectivity index (χ4n) is 2.17. The molecule has 0 heterocycles. The number of aliphatic hydroxyl groups excluding tert-OH is 4. The quantitative estimate of drug-likeness (QED) is 0.187. The van der Waals surface area contributed by atoms with Crippen molar-refractivity contribution in [3.05, 3.63) is 0 Å². The zero-order valence-corrected chi connectivity index (χ0v) is 12.7. The molecule has 0 amide bonds. The third kappa shape index (κ3) is 5.04. The van der Waals surface area contributed by atoms with Crippen LogP contribution in [0.15, 0.2) is 0 Å². The zero-order valence-electron chi connectivity index (χ0n) is 11.7. The van der Waals surface area contributed by atoms with Crippen molar-refractivity contribution in [3.8, 4) is 0 Å². The van der Waals surface area contributed by atoms with Gasteiger partial charge in [-0.2, -0.15) is 0 Å². The predicted molar refractivity (Wildman–Crippen MR) is 75.4 cm³/mol. The van der Waals surface area contributed by atoms with Crippen LogP contribution in [-0.4, -0.2) is 80.6 Å². The molecule has 0 aliphatic heterocycles. The number of nitrogens with two attached hydrogens (primary N) is 2. The van der Waals surface area contributed by atoms with E-state index in [0.717, 1.165) is 0 Å². The molecule has 0 aromatic heterocycles. The molecule has 21 heavy (non-hydrogen) atoms. The Labute approximate surface area is 124 Å². The summed E-state index contributed by atoms with van der Waals surface area (Å²) < 4.78 is 10.6. The first-order valence-electron chi connectivity index (χ1n) is 6.68. The molecule has 0 bridgehead atoms. The topological polar surface area (TPSA) is 172 Å². The Morgan fingerprint density at radius 3 is 2.33 bits per heavy atom. The Morgan fingerprint density at radius 1 is 1.24 bits per heavy atom. The summed E-state index contributed by atoms with van der Waals surface area (Å²) in [5.74, 6) is 0. The first-order valence-corrected chi connectivity index (χ1v) is 7.71. The molecule has 10 heteroatoms. The van der Waals surface area contributed by atoms with Gasteiger partial charge >= 0.3 is 0 Å². The average molecular weight is 328 g/mol. The highest BCUT2D eigenvalue weighted by Gasteiger charge is 2.42. The second-order valence-corrected chi connectivity index (χ2v) is 5.93. The zero-order chi connectivity index (χ0) is 16.2. The molecule has 0 radical (unpaired) electrons. The number of rotatable bonds is 7. The predicted octanol–water partition coefficient (Wildman–Crippen LogP) is -3.22. The summed E-state index contributed by atoms with van der Waals surface area (Å²) in [4.78, 5) is 9.28. The number of hydrogen-bond donors (Lipinski definition) is 7. The first kappa shape index (κ1) is 19.1. The van der Waals surface area contributed by atoms with Crippen molar-refractivity contribution in [2.45, 2.75) is 62.0 Å². The van der Waals surface area contributed by atoms with Gasteiger partial charge in [-0.1, -0.05) is 0 Å². The molecule has 8 unspecified atom stereocenters. The largest absolute Gasteiger partial charge is 0.394 e. The maximum Gasteiger partial charge on any atom is 0.199 e. The second kappa shape index (κ2) is 8.64. The average Bonchev–Trinajstić information content (AvgIpc) is 2.44. The number of ether oxygens (including phenoxy) is 2. The van der Waals surface area contributed by atoms with Crippen LogP contribution in [0.2, 0.25) is 0 Å². The van der Waals surface area contributed by atoms with E-state index in [0.29, 0.717) is 0 Å². The lowest BCUT2D eigenvalue weighted by atomic mass is 9.85. The van der Waals surface area contributed by atoms with E-state index < -0.39 is 64.0 Å². The van der Waals surface area contributed by atoms with Crippen LogP contribution in [0.25, 0.3) is 0 Å². The summed E-state index contributed by atoms with van der Waals surface area (Å²) in [6.07, 6.45) is -5.16. The Bertz CT molecular complexity index is 312. The van der Waals surface area contributed by atoms with E-state index in [2.05, 4.69) is 0 Å². The van der Waals surface area contributed by atoms with Crippen molar-refractivity contribution in [1.29, 1.82) is 0 Å². The summed E-state index contributed by atoms with van der Waals surface area (Å²) in [5, 5.41) is 38.2. The molecule has 0 saturated heterocycles. The third-order valence-corrected chi connectivity index (χ3v) is 3.98. The molecule has 1 rings (SSSR count). The Hall–Kier alpha value is 0.0700. The van der Waals surface area contributed by atoms with Crippen molar-refractivity contribution in [3.63, 3.8) is 0 Å². The molecule has 9 nitrogen and oxygen atoms in total. The van der Waals surface area contributed by atoms with Gasteiger partial charge in [-0.25, -0.2) is 0 Å². The highest BCUT2D eigenvalue weighted by atomic mass is 31.1. The van der Waals surface area contributed by atoms with Crippen LogP contribution in [0.4, 0.5) is 0 Å². The van der Waals surface area contributed by atoms with Gasteiger partial charge in [0.05, 0.1) is 27.6 Å². The maximum absolute atomic E-state index is 9.96. The van der Waals surface area contributed by atoms with E-state index in [4.69, 9.17) is 26.0 Å². The van der Waals surface area contributed by atoms with Gasteiger partial charge in [0.15, 0.2) is 6.03 Å². The Balaban J connectivity index is 2.67. The lowest BCUT2D eigenvalue weighted by molar-refractivity contribution is -0.214. The van der Waals surface area contributed by atoms with Crippen LogP contribution >= 0.6 is 8.81 Å². The first-order chi connectivity index (χ1) is 9.81. The number of aliphatic hydroxyl groups is 4. The van der Waals surface area contributed by atoms with Gasteiger partial charge in [0, 0.05) is 12.1 Å².